The number of amides is 1. The van der Waals surface area contributed by atoms with Crippen molar-refractivity contribution in [1.82, 2.24) is 4.90 Å². The van der Waals surface area contributed by atoms with Crippen molar-refractivity contribution in [2.75, 3.05) is 13.2 Å². The van der Waals surface area contributed by atoms with E-state index in [9.17, 15) is 4.79 Å². The first-order valence-corrected chi connectivity index (χ1v) is 9.24. The molecule has 134 valence electrons. The number of nitrogens with zero attached hydrogens (tertiary/aromatic N) is 2. The molecular formula is C22H24N2O2. The van der Waals surface area contributed by atoms with E-state index in [0.29, 0.717) is 17.4 Å². The van der Waals surface area contributed by atoms with Gasteiger partial charge < -0.3 is 9.64 Å². The summed E-state index contributed by atoms with van der Waals surface area (Å²) in [6, 6.07) is 17.7. The molecule has 4 nitrogen and oxygen atoms in total. The van der Waals surface area contributed by atoms with Crippen molar-refractivity contribution in [1.29, 1.82) is 5.26 Å². The Morgan fingerprint density at radius 1 is 1.12 bits per heavy atom. The van der Waals surface area contributed by atoms with Crippen molar-refractivity contribution >= 4 is 5.91 Å². The number of hydrogen-bond acceptors (Lipinski definition) is 3. The molecule has 1 atom stereocenters. The number of carbonyl (C=O) groups excluding carboxylic acids is 1. The van der Waals surface area contributed by atoms with Crippen molar-refractivity contribution < 1.29 is 9.53 Å². The number of rotatable bonds is 5. The zero-order valence-electron chi connectivity index (χ0n) is 15.1. The molecule has 0 aliphatic carbocycles. The Bertz CT molecular complexity index is 775. The van der Waals surface area contributed by atoms with Crippen LogP contribution in [0.3, 0.4) is 0 Å². The molecular weight excluding hydrogens is 324 g/mol. The van der Waals surface area contributed by atoms with Gasteiger partial charge in [0.2, 0.25) is 0 Å². The number of ether oxygens (including phenoxy) is 1. The molecule has 2 aromatic carbocycles. The third kappa shape index (κ3) is 4.23. The van der Waals surface area contributed by atoms with Crippen LogP contribution in [0.5, 0.6) is 5.75 Å². The van der Waals surface area contributed by atoms with Crippen LogP contribution in [0.1, 0.15) is 38.2 Å². The molecule has 1 saturated heterocycles. The average molecular weight is 348 g/mol. The Morgan fingerprint density at radius 2 is 1.77 bits per heavy atom. The van der Waals surface area contributed by atoms with Crippen molar-refractivity contribution in [3.8, 4) is 22.9 Å². The predicted octanol–water partition coefficient (Wildman–Crippen LogP) is 4.40. The summed E-state index contributed by atoms with van der Waals surface area (Å²) < 4.78 is 5.71. The normalized spacial score (nSPS) is 16.8. The van der Waals surface area contributed by atoms with Crippen molar-refractivity contribution in [2.45, 2.75) is 38.6 Å². The van der Waals surface area contributed by atoms with E-state index in [2.05, 4.69) is 13.0 Å². The summed E-state index contributed by atoms with van der Waals surface area (Å²) in [6.07, 6.45) is 4.40. The molecule has 3 rings (SSSR count). The van der Waals surface area contributed by atoms with Gasteiger partial charge in [-0.25, -0.2) is 0 Å². The molecule has 0 saturated carbocycles. The van der Waals surface area contributed by atoms with Crippen molar-refractivity contribution in [3.05, 3.63) is 54.1 Å². The zero-order chi connectivity index (χ0) is 18.4. The highest BCUT2D eigenvalue weighted by Gasteiger charge is 2.25. The highest BCUT2D eigenvalue weighted by Crippen LogP contribution is 2.23. The molecule has 1 fully saturated rings. The summed E-state index contributed by atoms with van der Waals surface area (Å²) in [4.78, 5) is 14.4. The number of benzene rings is 2. The monoisotopic (exact) mass is 348 g/mol. The van der Waals surface area contributed by atoms with E-state index in [-0.39, 0.29) is 12.5 Å². The van der Waals surface area contributed by atoms with E-state index in [1.807, 2.05) is 41.3 Å². The molecule has 0 bridgehead atoms. The van der Waals surface area contributed by atoms with Crippen LogP contribution in [0, 0.1) is 11.3 Å². The van der Waals surface area contributed by atoms with Crippen LogP contribution in [0.25, 0.3) is 11.1 Å². The van der Waals surface area contributed by atoms with Crippen LogP contribution >= 0.6 is 0 Å². The third-order valence-corrected chi connectivity index (χ3v) is 4.98. The number of piperidine rings is 1. The summed E-state index contributed by atoms with van der Waals surface area (Å²) in [6.45, 7) is 3.07. The van der Waals surface area contributed by atoms with Gasteiger partial charge in [0.15, 0.2) is 6.61 Å². The maximum absolute atomic E-state index is 12.5. The van der Waals surface area contributed by atoms with Crippen LogP contribution in [0.2, 0.25) is 0 Å². The van der Waals surface area contributed by atoms with Gasteiger partial charge in [-0.3, -0.25) is 4.79 Å². The topological polar surface area (TPSA) is 53.3 Å². The van der Waals surface area contributed by atoms with Crippen LogP contribution < -0.4 is 4.74 Å². The van der Waals surface area contributed by atoms with Gasteiger partial charge >= 0.3 is 0 Å². The lowest BCUT2D eigenvalue weighted by Gasteiger charge is -2.35. The van der Waals surface area contributed by atoms with E-state index in [0.717, 1.165) is 36.9 Å². The molecule has 4 heteroatoms. The van der Waals surface area contributed by atoms with Gasteiger partial charge in [-0.05, 0) is 61.1 Å². The molecule has 1 aliphatic rings. The molecule has 1 amide bonds. The summed E-state index contributed by atoms with van der Waals surface area (Å²) in [7, 11) is 0. The smallest absolute Gasteiger partial charge is 0.260 e. The quantitative estimate of drug-likeness (QED) is 0.805. The van der Waals surface area contributed by atoms with Crippen molar-refractivity contribution in [3.63, 3.8) is 0 Å². The lowest BCUT2D eigenvalue weighted by atomic mass is 10.00. The minimum atomic E-state index is 0.0766. The van der Waals surface area contributed by atoms with Crippen molar-refractivity contribution in [2.24, 2.45) is 0 Å². The lowest BCUT2D eigenvalue weighted by Crippen LogP contribution is -2.45. The van der Waals surface area contributed by atoms with Gasteiger partial charge in [0, 0.05) is 12.6 Å². The van der Waals surface area contributed by atoms with Crippen LogP contribution in [-0.4, -0.2) is 30.0 Å². The molecule has 2 aromatic rings. The summed E-state index contributed by atoms with van der Waals surface area (Å²) in [5.74, 6) is 0.772. The highest BCUT2D eigenvalue weighted by molar-refractivity contribution is 5.78. The molecule has 0 radical (unpaired) electrons. The maximum Gasteiger partial charge on any atom is 0.260 e. The zero-order valence-corrected chi connectivity index (χ0v) is 15.1. The second kappa shape index (κ2) is 8.53. The fourth-order valence-electron chi connectivity index (χ4n) is 3.46. The molecule has 0 spiro atoms. The Labute approximate surface area is 155 Å². The SMILES string of the molecule is CC[C@@H]1CCCCN1C(=O)COc1ccc(-c2ccc(C#N)cc2)cc1. The van der Waals surface area contributed by atoms with Gasteiger partial charge in [-0.1, -0.05) is 31.2 Å². The number of likely N-dealkylation sites (tertiary alicyclic amines) is 1. The first-order chi connectivity index (χ1) is 12.7. The first-order valence-electron chi connectivity index (χ1n) is 9.24. The summed E-state index contributed by atoms with van der Waals surface area (Å²) in [5.41, 5.74) is 2.75. The minimum Gasteiger partial charge on any atom is -0.484 e. The Hall–Kier alpha value is -2.80. The molecule has 0 unspecified atom stereocenters. The first kappa shape index (κ1) is 18.0. The fraction of sp³-hybridized carbons (Fsp3) is 0.364. The van der Waals surface area contributed by atoms with E-state index < -0.39 is 0 Å². The molecule has 26 heavy (non-hydrogen) atoms. The van der Waals surface area contributed by atoms with E-state index >= 15 is 0 Å². The Morgan fingerprint density at radius 3 is 2.38 bits per heavy atom. The lowest BCUT2D eigenvalue weighted by molar-refractivity contribution is -0.137. The molecule has 0 aromatic heterocycles. The van der Waals surface area contributed by atoms with Crippen LogP contribution in [-0.2, 0) is 4.79 Å². The number of carbonyl (C=O) groups is 1. The van der Waals surface area contributed by atoms with E-state index in [4.69, 9.17) is 10.00 Å². The summed E-state index contributed by atoms with van der Waals surface area (Å²) >= 11 is 0. The maximum atomic E-state index is 12.5. The molecule has 0 N–H and O–H groups in total. The average Bonchev–Trinajstić information content (AvgIpc) is 2.72. The van der Waals surface area contributed by atoms with E-state index in [1.54, 1.807) is 12.1 Å². The third-order valence-electron chi connectivity index (χ3n) is 4.98. The fourth-order valence-corrected chi connectivity index (χ4v) is 3.46. The standard InChI is InChI=1S/C22H24N2O2/c1-2-20-5-3-4-14-24(20)22(25)16-26-21-12-10-19(11-13-21)18-8-6-17(15-23)7-9-18/h6-13,20H,2-5,14,16H2,1H3/t20-/m1/s1. The second-order valence-electron chi connectivity index (χ2n) is 6.65. The number of hydrogen-bond donors (Lipinski definition) is 0. The molecule has 1 aliphatic heterocycles. The number of nitriles is 1. The van der Waals surface area contributed by atoms with Crippen LogP contribution in [0.4, 0.5) is 0 Å². The van der Waals surface area contributed by atoms with Gasteiger partial charge in [0.1, 0.15) is 5.75 Å². The molecule has 1 heterocycles. The highest BCUT2D eigenvalue weighted by atomic mass is 16.5. The van der Waals surface area contributed by atoms with Gasteiger partial charge in [0.05, 0.1) is 11.6 Å². The van der Waals surface area contributed by atoms with E-state index in [1.165, 1.54) is 6.42 Å². The minimum absolute atomic E-state index is 0.0766. The Kier molecular flexibility index (Phi) is 5.91. The van der Waals surface area contributed by atoms with Gasteiger partial charge in [-0.2, -0.15) is 5.26 Å². The van der Waals surface area contributed by atoms with Gasteiger partial charge in [-0.15, -0.1) is 0 Å². The summed E-state index contributed by atoms with van der Waals surface area (Å²) in [5, 5.41) is 8.87. The second-order valence-corrected chi connectivity index (χ2v) is 6.65. The predicted molar refractivity (Wildman–Crippen MR) is 102 cm³/mol. The van der Waals surface area contributed by atoms with Crippen LogP contribution in [0.15, 0.2) is 48.5 Å². The Balaban J connectivity index is 1.58. The largest absolute Gasteiger partial charge is 0.484 e. The van der Waals surface area contributed by atoms with Gasteiger partial charge in [0.25, 0.3) is 5.91 Å².